The van der Waals surface area contributed by atoms with Crippen LogP contribution < -0.4 is 4.74 Å². The van der Waals surface area contributed by atoms with Crippen molar-refractivity contribution in [1.82, 2.24) is 9.97 Å². The molecule has 1 aliphatic heterocycles. The number of nitrogens with zero attached hydrogens (tertiary/aromatic N) is 2. The standard InChI is InChI=1S/C24H24N2O.C8H8O/c1-6-19-20(7-2)26-22-18-12-13-24(5,14-15(3)4)27-23(18)17-11-9-8-10-16(17)21(22)25-19;1-7(9)8-5-3-2-4-6-8/h6-11,14H,1-2,12-13H2,3-5H3;2-6H,1H3. The number of hydrogen-bond acceptors (Lipinski definition) is 4. The Kier molecular flexibility index (Phi) is 7.16. The van der Waals surface area contributed by atoms with E-state index in [1.54, 1.807) is 19.1 Å². The zero-order valence-electron chi connectivity index (χ0n) is 21.5. The number of allylic oxidation sites excluding steroid dienone is 1. The molecule has 1 aromatic heterocycles. The van der Waals surface area contributed by atoms with Crippen molar-refractivity contribution in [2.45, 2.75) is 46.1 Å². The molecule has 182 valence electrons. The van der Waals surface area contributed by atoms with Crippen LogP contribution in [0.4, 0.5) is 0 Å². The molecule has 1 atom stereocenters. The highest BCUT2D eigenvalue weighted by atomic mass is 16.5. The summed E-state index contributed by atoms with van der Waals surface area (Å²) in [4.78, 5) is 20.4. The van der Waals surface area contributed by atoms with Crippen LogP contribution in [0.15, 0.2) is 79.4 Å². The molecule has 36 heavy (non-hydrogen) atoms. The van der Waals surface area contributed by atoms with Crippen LogP contribution in [0.1, 0.15) is 61.4 Å². The SMILES string of the molecule is C=Cc1nc2c3c(c4ccccc4c2nc1C=C)OC(C)(C=C(C)C)CC3.CC(=O)c1ccccc1. The van der Waals surface area contributed by atoms with E-state index in [2.05, 4.69) is 52.1 Å². The highest BCUT2D eigenvalue weighted by Crippen LogP contribution is 2.44. The van der Waals surface area contributed by atoms with Crippen LogP contribution >= 0.6 is 0 Å². The van der Waals surface area contributed by atoms with Crippen molar-refractivity contribution < 1.29 is 9.53 Å². The van der Waals surface area contributed by atoms with Crippen LogP contribution in [0.25, 0.3) is 34.0 Å². The van der Waals surface area contributed by atoms with E-state index in [4.69, 9.17) is 14.7 Å². The Hall–Kier alpha value is -4.05. The number of benzene rings is 3. The Balaban J connectivity index is 0.000000286. The number of carbonyl (C=O) groups excluding carboxylic acids is 1. The van der Waals surface area contributed by atoms with E-state index >= 15 is 0 Å². The minimum absolute atomic E-state index is 0.121. The van der Waals surface area contributed by atoms with Gasteiger partial charge in [-0.3, -0.25) is 4.79 Å². The predicted octanol–water partition coefficient (Wildman–Crippen LogP) is 8.01. The molecule has 0 spiro atoms. The van der Waals surface area contributed by atoms with Gasteiger partial charge in [0.25, 0.3) is 0 Å². The van der Waals surface area contributed by atoms with Crippen molar-refractivity contribution in [3.8, 4) is 5.75 Å². The normalized spacial score (nSPS) is 16.2. The summed E-state index contributed by atoms with van der Waals surface area (Å²) in [5, 5.41) is 2.14. The Morgan fingerprint density at radius 1 is 0.889 bits per heavy atom. The fourth-order valence-corrected chi connectivity index (χ4v) is 4.71. The largest absolute Gasteiger partial charge is 0.482 e. The monoisotopic (exact) mass is 476 g/mol. The van der Waals surface area contributed by atoms with Crippen molar-refractivity contribution in [3.05, 3.63) is 102 Å². The van der Waals surface area contributed by atoms with Crippen LogP contribution in [0, 0.1) is 0 Å². The number of carbonyl (C=O) groups is 1. The zero-order valence-corrected chi connectivity index (χ0v) is 21.5. The van der Waals surface area contributed by atoms with E-state index in [0.29, 0.717) is 0 Å². The molecule has 4 heteroatoms. The number of aryl methyl sites for hydroxylation is 1. The van der Waals surface area contributed by atoms with E-state index < -0.39 is 0 Å². The first-order valence-corrected chi connectivity index (χ1v) is 12.2. The highest BCUT2D eigenvalue weighted by Gasteiger charge is 2.32. The van der Waals surface area contributed by atoms with Crippen molar-refractivity contribution in [3.63, 3.8) is 0 Å². The summed E-state index contributed by atoms with van der Waals surface area (Å²) < 4.78 is 6.59. The molecule has 0 amide bonds. The molecule has 4 aromatic rings. The maximum absolute atomic E-state index is 10.6. The fourth-order valence-electron chi connectivity index (χ4n) is 4.71. The summed E-state index contributed by atoms with van der Waals surface area (Å²) in [5.41, 5.74) is 6.18. The van der Waals surface area contributed by atoms with Gasteiger partial charge in [0.1, 0.15) is 11.4 Å². The number of ketones is 1. The Morgan fingerprint density at radius 2 is 1.47 bits per heavy atom. The molecule has 0 saturated heterocycles. The molecule has 1 aliphatic rings. The molecule has 1 unspecified atom stereocenters. The first kappa shape index (κ1) is 25.1. The van der Waals surface area contributed by atoms with E-state index in [0.717, 1.165) is 62.9 Å². The van der Waals surface area contributed by atoms with Gasteiger partial charge in [0.2, 0.25) is 0 Å². The van der Waals surface area contributed by atoms with Gasteiger partial charge in [0.05, 0.1) is 22.4 Å². The van der Waals surface area contributed by atoms with Gasteiger partial charge in [0.15, 0.2) is 5.78 Å². The van der Waals surface area contributed by atoms with E-state index in [9.17, 15) is 4.79 Å². The molecule has 5 rings (SSSR count). The summed E-state index contributed by atoms with van der Waals surface area (Å²) in [6.07, 6.45) is 7.50. The lowest BCUT2D eigenvalue weighted by Gasteiger charge is -2.35. The van der Waals surface area contributed by atoms with Gasteiger partial charge in [-0.1, -0.05) is 73.3 Å². The Bertz CT molecular complexity index is 1500. The average molecular weight is 477 g/mol. The molecule has 2 heterocycles. The first-order valence-electron chi connectivity index (χ1n) is 12.2. The van der Waals surface area contributed by atoms with Gasteiger partial charge >= 0.3 is 0 Å². The first-order chi connectivity index (χ1) is 17.3. The van der Waals surface area contributed by atoms with E-state index in [1.165, 1.54) is 5.57 Å². The fraction of sp³-hybridized carbons (Fsp3) is 0.219. The van der Waals surface area contributed by atoms with Crippen molar-refractivity contribution in [2.24, 2.45) is 0 Å². The number of hydrogen-bond donors (Lipinski definition) is 0. The summed E-state index contributed by atoms with van der Waals surface area (Å²) in [5.74, 6) is 1.05. The molecule has 0 saturated carbocycles. The maximum Gasteiger partial charge on any atom is 0.159 e. The summed E-state index contributed by atoms with van der Waals surface area (Å²) in [6, 6.07) is 17.5. The van der Waals surface area contributed by atoms with Gasteiger partial charge in [-0.15, -0.1) is 0 Å². The number of Topliss-reactive ketones (excluding diaryl/α,β-unsaturated/α-hetero) is 1. The molecule has 0 aliphatic carbocycles. The summed E-state index contributed by atoms with van der Waals surface area (Å²) in [6.45, 7) is 15.7. The van der Waals surface area contributed by atoms with Crippen LogP contribution in [-0.2, 0) is 6.42 Å². The molecule has 0 fully saturated rings. The van der Waals surface area contributed by atoms with Gasteiger partial charge in [-0.2, -0.15) is 0 Å². The molecule has 3 aromatic carbocycles. The van der Waals surface area contributed by atoms with Crippen LogP contribution in [0.3, 0.4) is 0 Å². The smallest absolute Gasteiger partial charge is 0.159 e. The highest BCUT2D eigenvalue weighted by molar-refractivity contribution is 6.09. The zero-order chi connectivity index (χ0) is 25.9. The lowest BCUT2D eigenvalue weighted by Crippen LogP contribution is -2.34. The maximum atomic E-state index is 10.6. The number of rotatable bonds is 4. The molecule has 0 bridgehead atoms. The Labute approximate surface area is 213 Å². The van der Waals surface area contributed by atoms with Crippen molar-refractivity contribution in [2.75, 3.05) is 0 Å². The van der Waals surface area contributed by atoms with Crippen LogP contribution in [0.2, 0.25) is 0 Å². The molecule has 0 radical (unpaired) electrons. The van der Waals surface area contributed by atoms with Gasteiger partial charge < -0.3 is 4.74 Å². The average Bonchev–Trinajstić information content (AvgIpc) is 2.88. The third-order valence-electron chi connectivity index (χ3n) is 6.31. The number of ether oxygens (including phenoxy) is 1. The minimum atomic E-state index is -0.308. The van der Waals surface area contributed by atoms with Gasteiger partial charge in [-0.25, -0.2) is 9.97 Å². The molecular weight excluding hydrogens is 444 g/mol. The molecule has 0 N–H and O–H groups in total. The lowest BCUT2D eigenvalue weighted by atomic mass is 9.88. The summed E-state index contributed by atoms with van der Waals surface area (Å²) >= 11 is 0. The lowest BCUT2D eigenvalue weighted by molar-refractivity contribution is 0.101. The Morgan fingerprint density at radius 3 is 2.03 bits per heavy atom. The van der Waals surface area contributed by atoms with E-state index in [1.807, 2.05) is 42.5 Å². The molecular formula is C32H32N2O2. The second-order valence-corrected chi connectivity index (χ2v) is 9.51. The van der Waals surface area contributed by atoms with Crippen molar-refractivity contribution >= 4 is 39.7 Å². The summed E-state index contributed by atoms with van der Waals surface area (Å²) in [7, 11) is 0. The third-order valence-corrected chi connectivity index (χ3v) is 6.31. The second kappa shape index (κ2) is 10.3. The van der Waals surface area contributed by atoms with Gasteiger partial charge in [0, 0.05) is 21.9 Å². The predicted molar refractivity (Wildman–Crippen MR) is 150 cm³/mol. The van der Waals surface area contributed by atoms with Crippen molar-refractivity contribution in [1.29, 1.82) is 0 Å². The van der Waals surface area contributed by atoms with Crippen LogP contribution in [-0.4, -0.2) is 21.4 Å². The molecule has 4 nitrogen and oxygen atoms in total. The third kappa shape index (κ3) is 4.99. The van der Waals surface area contributed by atoms with Crippen LogP contribution in [0.5, 0.6) is 5.75 Å². The number of aromatic nitrogens is 2. The minimum Gasteiger partial charge on any atom is -0.482 e. The number of fused-ring (bicyclic) bond motifs is 6. The second-order valence-electron chi connectivity index (χ2n) is 9.51. The topological polar surface area (TPSA) is 52.1 Å². The quantitative estimate of drug-likeness (QED) is 0.170. The van der Waals surface area contributed by atoms with E-state index in [-0.39, 0.29) is 11.4 Å². The van der Waals surface area contributed by atoms with Gasteiger partial charge in [-0.05, 0) is 58.8 Å².